The van der Waals surface area contributed by atoms with E-state index in [1.807, 2.05) is 0 Å². The van der Waals surface area contributed by atoms with Crippen LogP contribution in [0.5, 0.6) is 5.75 Å². The first kappa shape index (κ1) is 15.3. The molecule has 0 radical (unpaired) electrons. The normalized spacial score (nSPS) is 19.9. The van der Waals surface area contributed by atoms with Gasteiger partial charge in [-0.1, -0.05) is 12.1 Å². The molecule has 1 aromatic rings. The van der Waals surface area contributed by atoms with Gasteiger partial charge < -0.3 is 14.7 Å². The Hall–Kier alpha value is -2.11. The van der Waals surface area contributed by atoms with E-state index in [4.69, 9.17) is 4.74 Å². The summed E-state index contributed by atoms with van der Waals surface area (Å²) in [7, 11) is 0. The number of rotatable bonds is 4. The van der Waals surface area contributed by atoms with Crippen LogP contribution in [0.1, 0.15) is 26.2 Å². The van der Waals surface area contributed by atoms with Crippen molar-refractivity contribution in [1.82, 2.24) is 4.90 Å². The Balaban J connectivity index is 2.07. The molecule has 0 spiro atoms. The predicted octanol–water partition coefficient (Wildman–Crippen LogP) is 2.06. The molecule has 1 heterocycles. The summed E-state index contributed by atoms with van der Waals surface area (Å²) in [5, 5.41) is 9.18. The molecular formula is C15H18FNO4. The number of para-hydroxylation sites is 1. The Morgan fingerprint density at radius 1 is 1.38 bits per heavy atom. The highest BCUT2D eigenvalue weighted by Crippen LogP contribution is 2.21. The van der Waals surface area contributed by atoms with Crippen molar-refractivity contribution in [2.45, 2.75) is 38.3 Å². The Morgan fingerprint density at radius 2 is 2.10 bits per heavy atom. The second-order valence-corrected chi connectivity index (χ2v) is 5.07. The van der Waals surface area contributed by atoms with E-state index in [1.54, 1.807) is 6.07 Å². The molecule has 1 amide bonds. The van der Waals surface area contributed by atoms with Crippen molar-refractivity contribution in [3.63, 3.8) is 0 Å². The molecule has 21 heavy (non-hydrogen) atoms. The van der Waals surface area contributed by atoms with E-state index in [1.165, 1.54) is 30.0 Å². The lowest BCUT2D eigenvalue weighted by molar-refractivity contribution is -0.155. The smallest absolute Gasteiger partial charge is 0.326 e. The molecule has 2 unspecified atom stereocenters. The fraction of sp³-hybridized carbons (Fsp3) is 0.467. The van der Waals surface area contributed by atoms with Crippen molar-refractivity contribution in [3.05, 3.63) is 30.1 Å². The molecular weight excluding hydrogens is 277 g/mol. The summed E-state index contributed by atoms with van der Waals surface area (Å²) in [4.78, 5) is 24.9. The number of nitrogens with zero attached hydrogens (tertiary/aromatic N) is 1. The second-order valence-electron chi connectivity index (χ2n) is 5.07. The third-order valence-electron chi connectivity index (χ3n) is 3.56. The van der Waals surface area contributed by atoms with Crippen molar-refractivity contribution < 1.29 is 23.8 Å². The fourth-order valence-electron chi connectivity index (χ4n) is 2.47. The van der Waals surface area contributed by atoms with Crippen molar-refractivity contribution in [3.8, 4) is 5.75 Å². The average Bonchev–Trinajstić information content (AvgIpc) is 2.48. The van der Waals surface area contributed by atoms with Crippen LogP contribution in [-0.4, -0.2) is 40.6 Å². The van der Waals surface area contributed by atoms with Crippen LogP contribution in [0.25, 0.3) is 0 Å². The number of benzene rings is 1. The lowest BCUT2D eigenvalue weighted by Gasteiger charge is -2.34. The predicted molar refractivity (Wildman–Crippen MR) is 73.5 cm³/mol. The summed E-state index contributed by atoms with van der Waals surface area (Å²) in [6.07, 6.45) is 1.06. The maximum Gasteiger partial charge on any atom is 0.326 e. The molecule has 1 fully saturated rings. The highest BCUT2D eigenvalue weighted by atomic mass is 19.1. The first-order chi connectivity index (χ1) is 10.0. The first-order valence-electron chi connectivity index (χ1n) is 6.95. The number of hydrogen-bond acceptors (Lipinski definition) is 3. The van der Waals surface area contributed by atoms with Gasteiger partial charge in [-0.3, -0.25) is 4.79 Å². The van der Waals surface area contributed by atoms with Crippen molar-refractivity contribution in [2.75, 3.05) is 6.54 Å². The number of carboxylic acid groups (broad SMARTS) is 1. The van der Waals surface area contributed by atoms with Gasteiger partial charge in [0.25, 0.3) is 5.91 Å². The number of likely N-dealkylation sites (tertiary alicyclic amines) is 1. The van der Waals surface area contributed by atoms with Crippen molar-refractivity contribution >= 4 is 11.9 Å². The van der Waals surface area contributed by atoms with Gasteiger partial charge in [-0.05, 0) is 38.3 Å². The van der Waals surface area contributed by atoms with E-state index < -0.39 is 29.8 Å². The van der Waals surface area contributed by atoms with Gasteiger partial charge in [0.15, 0.2) is 17.7 Å². The largest absolute Gasteiger partial charge is 0.480 e. The third kappa shape index (κ3) is 3.51. The van der Waals surface area contributed by atoms with Crippen LogP contribution in [0.4, 0.5) is 4.39 Å². The lowest BCUT2D eigenvalue weighted by atomic mass is 10.0. The van der Waals surface area contributed by atoms with Gasteiger partial charge in [0.2, 0.25) is 0 Å². The average molecular weight is 295 g/mol. The van der Waals surface area contributed by atoms with E-state index in [9.17, 15) is 19.1 Å². The Labute approximate surface area is 122 Å². The van der Waals surface area contributed by atoms with Crippen LogP contribution >= 0.6 is 0 Å². The van der Waals surface area contributed by atoms with E-state index in [0.717, 1.165) is 12.8 Å². The number of carbonyl (C=O) groups is 2. The molecule has 0 aliphatic carbocycles. The van der Waals surface area contributed by atoms with Crippen molar-refractivity contribution in [2.24, 2.45) is 0 Å². The summed E-state index contributed by atoms with van der Waals surface area (Å²) in [5.74, 6) is -2.00. The summed E-state index contributed by atoms with van der Waals surface area (Å²) < 4.78 is 18.8. The molecule has 2 rings (SSSR count). The summed E-state index contributed by atoms with van der Waals surface area (Å²) in [6.45, 7) is 1.89. The zero-order valence-corrected chi connectivity index (χ0v) is 11.8. The molecule has 1 aliphatic heterocycles. The van der Waals surface area contributed by atoms with Gasteiger partial charge in [-0.15, -0.1) is 0 Å². The first-order valence-corrected chi connectivity index (χ1v) is 6.95. The standard InChI is InChI=1S/C15H18FNO4/c1-10(21-13-8-3-2-6-11(13)16)14(18)17-9-5-4-7-12(17)15(19)20/h2-3,6,8,10,12H,4-5,7,9H2,1H3,(H,19,20). The van der Waals surface area contributed by atoms with Gasteiger partial charge in [0.05, 0.1) is 0 Å². The number of carboxylic acids is 1. The number of amides is 1. The van der Waals surface area contributed by atoms with Gasteiger partial charge >= 0.3 is 5.97 Å². The summed E-state index contributed by atoms with van der Waals surface area (Å²) in [5.41, 5.74) is 0. The Morgan fingerprint density at radius 3 is 2.76 bits per heavy atom. The second kappa shape index (κ2) is 6.56. The minimum atomic E-state index is -1.01. The Kier molecular flexibility index (Phi) is 4.77. The molecule has 2 atom stereocenters. The number of ether oxygens (including phenoxy) is 1. The van der Waals surface area contributed by atoms with E-state index in [2.05, 4.69) is 0 Å². The van der Waals surface area contributed by atoms with Crippen LogP contribution in [0.2, 0.25) is 0 Å². The zero-order valence-electron chi connectivity index (χ0n) is 11.8. The highest BCUT2D eigenvalue weighted by molar-refractivity contribution is 5.86. The third-order valence-corrected chi connectivity index (χ3v) is 3.56. The minimum absolute atomic E-state index is 0.0118. The molecule has 6 heteroatoms. The Bertz CT molecular complexity index is 534. The van der Waals surface area contributed by atoms with E-state index >= 15 is 0 Å². The molecule has 0 aromatic heterocycles. The van der Waals surface area contributed by atoms with Crippen LogP contribution < -0.4 is 4.74 Å². The number of hydrogen-bond donors (Lipinski definition) is 1. The maximum absolute atomic E-state index is 13.5. The fourth-order valence-corrected chi connectivity index (χ4v) is 2.47. The van der Waals surface area contributed by atoms with Gasteiger partial charge in [-0.2, -0.15) is 0 Å². The zero-order chi connectivity index (χ0) is 15.4. The molecule has 1 N–H and O–H groups in total. The van der Waals surface area contributed by atoms with E-state index in [0.29, 0.717) is 13.0 Å². The monoisotopic (exact) mass is 295 g/mol. The molecule has 0 saturated carbocycles. The van der Waals surface area contributed by atoms with Crippen molar-refractivity contribution in [1.29, 1.82) is 0 Å². The molecule has 1 aromatic carbocycles. The quantitative estimate of drug-likeness (QED) is 0.923. The molecule has 114 valence electrons. The SMILES string of the molecule is CC(Oc1ccccc1F)C(=O)N1CCCCC1C(=O)O. The highest BCUT2D eigenvalue weighted by Gasteiger charge is 2.34. The van der Waals surface area contributed by atoms with Gasteiger partial charge in [0.1, 0.15) is 6.04 Å². The minimum Gasteiger partial charge on any atom is -0.480 e. The van der Waals surface area contributed by atoms with Gasteiger partial charge in [0, 0.05) is 6.54 Å². The molecule has 0 bridgehead atoms. The molecule has 1 aliphatic rings. The van der Waals surface area contributed by atoms with Crippen LogP contribution in [0.15, 0.2) is 24.3 Å². The molecule has 5 nitrogen and oxygen atoms in total. The van der Waals surface area contributed by atoms with Gasteiger partial charge in [-0.25, -0.2) is 9.18 Å². The van der Waals surface area contributed by atoms with E-state index in [-0.39, 0.29) is 5.75 Å². The van der Waals surface area contributed by atoms with Crippen LogP contribution in [-0.2, 0) is 9.59 Å². The van der Waals surface area contributed by atoms with Crippen LogP contribution in [0, 0.1) is 5.82 Å². The topological polar surface area (TPSA) is 66.8 Å². The number of carbonyl (C=O) groups excluding carboxylic acids is 1. The number of aliphatic carboxylic acids is 1. The number of halogens is 1. The maximum atomic E-state index is 13.5. The van der Waals surface area contributed by atoms with Crippen LogP contribution in [0.3, 0.4) is 0 Å². The number of piperidine rings is 1. The lowest BCUT2D eigenvalue weighted by Crippen LogP contribution is -2.52. The summed E-state index contributed by atoms with van der Waals surface area (Å²) in [6, 6.07) is 4.99. The summed E-state index contributed by atoms with van der Waals surface area (Å²) >= 11 is 0. The molecule has 1 saturated heterocycles.